The summed E-state index contributed by atoms with van der Waals surface area (Å²) >= 11 is 0. The van der Waals surface area contributed by atoms with Crippen molar-refractivity contribution in [2.45, 2.75) is 60.3 Å². The fourth-order valence-corrected chi connectivity index (χ4v) is 3.47. The van der Waals surface area contributed by atoms with E-state index in [1.54, 1.807) is 19.1 Å². The van der Waals surface area contributed by atoms with Crippen LogP contribution in [0.4, 0.5) is 0 Å². The smallest absolute Gasteiger partial charge is 0.360 e. The number of benzene rings is 1. The number of hydrogen-bond acceptors (Lipinski definition) is 9. The van der Waals surface area contributed by atoms with Crippen LogP contribution in [0.3, 0.4) is 0 Å². The minimum Gasteiger partial charge on any atom is -0.476 e. The molecule has 0 aliphatic carbocycles. The highest BCUT2D eigenvalue weighted by atomic mass is 16.6. The number of fused-ring (bicyclic) bond motifs is 1. The highest BCUT2D eigenvalue weighted by Gasteiger charge is 2.33. The minimum atomic E-state index is -1.50. The number of nitrogens with zero attached hydrogens (tertiary/aromatic N) is 2. The number of carboxylic acid groups (broad SMARTS) is 1. The van der Waals surface area contributed by atoms with Crippen molar-refractivity contribution in [2.24, 2.45) is 5.92 Å². The molecule has 0 bridgehead atoms. The minimum absolute atomic E-state index is 0.251. The van der Waals surface area contributed by atoms with Gasteiger partial charge in [0.15, 0.2) is 0 Å². The molecule has 1 aromatic carbocycles. The second-order valence-electron chi connectivity index (χ2n) is 8.06. The van der Waals surface area contributed by atoms with Gasteiger partial charge in [0, 0.05) is 26.7 Å². The maximum absolute atomic E-state index is 13.1. The number of aryl methyl sites for hydroxylation is 2. The van der Waals surface area contributed by atoms with Gasteiger partial charge in [-0.15, -0.1) is 0 Å². The highest BCUT2D eigenvalue weighted by Crippen LogP contribution is 2.22. The third kappa shape index (κ3) is 6.40. The van der Waals surface area contributed by atoms with Gasteiger partial charge in [0.25, 0.3) is 5.56 Å². The van der Waals surface area contributed by atoms with Crippen molar-refractivity contribution in [3.8, 4) is 0 Å². The normalized spacial score (nSPS) is 13.6. The van der Waals surface area contributed by atoms with Crippen LogP contribution in [0.1, 0.15) is 49.3 Å². The van der Waals surface area contributed by atoms with Crippen molar-refractivity contribution in [2.75, 3.05) is 6.61 Å². The molecule has 3 atom stereocenters. The van der Waals surface area contributed by atoms with Crippen LogP contribution in [0, 0.1) is 19.8 Å². The lowest BCUT2D eigenvalue weighted by Crippen LogP contribution is -2.43. The summed E-state index contributed by atoms with van der Waals surface area (Å²) in [6.07, 6.45) is -2.03. The molecule has 0 fully saturated rings. The average Bonchev–Trinajstić information content (AvgIpc) is 2.72. The van der Waals surface area contributed by atoms with Crippen LogP contribution < -0.4 is 5.56 Å². The number of ether oxygens (including phenoxy) is 3. The summed E-state index contributed by atoms with van der Waals surface area (Å²) in [4.78, 5) is 63.5. The molecule has 2 aromatic rings. The first-order chi connectivity index (χ1) is 15.8. The molecule has 0 saturated carbocycles. The number of carboxylic acids is 1. The Morgan fingerprint density at radius 2 is 1.53 bits per heavy atom. The van der Waals surface area contributed by atoms with Crippen molar-refractivity contribution in [1.82, 2.24) is 9.55 Å². The van der Waals surface area contributed by atoms with Gasteiger partial charge in [0.05, 0.1) is 17.6 Å². The molecule has 0 unspecified atom stereocenters. The van der Waals surface area contributed by atoms with E-state index in [4.69, 9.17) is 14.2 Å². The summed E-state index contributed by atoms with van der Waals surface area (Å²) in [5.74, 6) is -4.13. The zero-order valence-electron chi connectivity index (χ0n) is 19.9. The number of aromatic nitrogens is 2. The van der Waals surface area contributed by atoms with Gasteiger partial charge in [0.2, 0.25) is 5.69 Å². The van der Waals surface area contributed by atoms with Crippen LogP contribution in [0.2, 0.25) is 0 Å². The molecule has 0 amide bonds. The van der Waals surface area contributed by atoms with Crippen LogP contribution in [0.25, 0.3) is 11.0 Å². The second kappa shape index (κ2) is 10.9. The molecule has 0 aliphatic rings. The lowest BCUT2D eigenvalue weighted by atomic mass is 9.97. The summed E-state index contributed by atoms with van der Waals surface area (Å²) in [6, 6.07) is 3.36. The summed E-state index contributed by atoms with van der Waals surface area (Å²) in [5, 5.41) is 9.50. The molecule has 0 spiro atoms. The monoisotopic (exact) mass is 476 g/mol. The predicted octanol–water partition coefficient (Wildman–Crippen LogP) is 1.77. The first-order valence-corrected chi connectivity index (χ1v) is 10.5. The molecule has 1 aromatic heterocycles. The Labute approximate surface area is 195 Å². The van der Waals surface area contributed by atoms with Crippen molar-refractivity contribution < 1.29 is 38.5 Å². The summed E-state index contributed by atoms with van der Waals surface area (Å²) in [6.45, 7) is 8.27. The first-order valence-electron chi connectivity index (χ1n) is 10.5. The molecular weight excluding hydrogens is 448 g/mol. The molecule has 0 aliphatic heterocycles. The number of carbonyl (C=O) groups excluding carboxylic acids is 3. The zero-order chi connectivity index (χ0) is 25.7. The fourth-order valence-electron chi connectivity index (χ4n) is 3.47. The zero-order valence-corrected chi connectivity index (χ0v) is 19.9. The number of esters is 3. The Kier molecular flexibility index (Phi) is 8.50. The van der Waals surface area contributed by atoms with E-state index in [9.17, 15) is 29.1 Å². The molecule has 11 nitrogen and oxygen atoms in total. The van der Waals surface area contributed by atoms with Crippen molar-refractivity contribution in [3.05, 3.63) is 39.3 Å². The molecule has 1 N–H and O–H groups in total. The van der Waals surface area contributed by atoms with E-state index in [1.165, 1.54) is 25.3 Å². The molecule has 11 heteroatoms. The Morgan fingerprint density at radius 1 is 0.971 bits per heavy atom. The fraction of sp³-hybridized carbons (Fsp3) is 0.478. The predicted molar refractivity (Wildman–Crippen MR) is 119 cm³/mol. The summed E-state index contributed by atoms with van der Waals surface area (Å²) in [7, 11) is 0. The number of carbonyl (C=O) groups is 4. The molecule has 0 radical (unpaired) electrons. The topological polar surface area (TPSA) is 151 Å². The molecule has 0 saturated heterocycles. The lowest BCUT2D eigenvalue weighted by molar-refractivity contribution is -0.167. The van der Waals surface area contributed by atoms with Crippen LogP contribution in [-0.4, -0.2) is 57.3 Å². The number of hydrogen-bond donors (Lipinski definition) is 1. The van der Waals surface area contributed by atoms with E-state index in [2.05, 4.69) is 4.98 Å². The first kappa shape index (κ1) is 26.5. The Morgan fingerprint density at radius 3 is 2.06 bits per heavy atom. The van der Waals surface area contributed by atoms with Gasteiger partial charge in [-0.2, -0.15) is 0 Å². The summed E-state index contributed by atoms with van der Waals surface area (Å²) < 4.78 is 16.9. The number of rotatable bonds is 9. The van der Waals surface area contributed by atoms with E-state index in [1.807, 2.05) is 13.8 Å². The van der Waals surface area contributed by atoms with Crippen LogP contribution in [-0.2, 0) is 35.1 Å². The molecule has 2 rings (SSSR count). The Hall–Kier alpha value is -3.76. The second-order valence-corrected chi connectivity index (χ2v) is 8.06. The van der Waals surface area contributed by atoms with Crippen LogP contribution in [0.15, 0.2) is 16.9 Å². The quantitative estimate of drug-likeness (QED) is 0.419. The molecular formula is C23H28N2O9. The van der Waals surface area contributed by atoms with Gasteiger partial charge in [-0.1, -0.05) is 6.92 Å². The molecule has 1 heterocycles. The standard InChI is InChI=1S/C23H28N2O9/c1-11-7-17-18(8-12(11)2)25(22(29)21(24-17)23(30)31)9-19(33-15(5)27)13(3)20(34-16(6)28)10-32-14(4)26/h7-8,13,19-20H,9-10H2,1-6H3,(H,30,31)/t13-,19-,20+/m0/s1. The van der Waals surface area contributed by atoms with Gasteiger partial charge in [-0.05, 0) is 37.1 Å². The van der Waals surface area contributed by atoms with Gasteiger partial charge < -0.3 is 23.9 Å². The molecule has 184 valence electrons. The van der Waals surface area contributed by atoms with Crippen molar-refractivity contribution in [1.29, 1.82) is 0 Å². The van der Waals surface area contributed by atoms with Gasteiger partial charge in [-0.3, -0.25) is 19.2 Å². The Bertz CT molecular complexity index is 1190. The van der Waals surface area contributed by atoms with E-state index < -0.39 is 53.3 Å². The van der Waals surface area contributed by atoms with Crippen LogP contribution in [0.5, 0.6) is 0 Å². The van der Waals surface area contributed by atoms with E-state index in [0.29, 0.717) is 5.52 Å². The lowest BCUT2D eigenvalue weighted by Gasteiger charge is -2.30. The summed E-state index contributed by atoms with van der Waals surface area (Å²) in [5.41, 5.74) is 0.772. The third-order valence-electron chi connectivity index (χ3n) is 5.39. The van der Waals surface area contributed by atoms with E-state index >= 15 is 0 Å². The molecule has 34 heavy (non-hydrogen) atoms. The largest absolute Gasteiger partial charge is 0.476 e. The van der Waals surface area contributed by atoms with E-state index in [-0.39, 0.29) is 18.7 Å². The van der Waals surface area contributed by atoms with Gasteiger partial charge >= 0.3 is 23.9 Å². The van der Waals surface area contributed by atoms with Crippen molar-refractivity contribution >= 4 is 34.9 Å². The van der Waals surface area contributed by atoms with Gasteiger partial charge in [-0.25, -0.2) is 9.78 Å². The van der Waals surface area contributed by atoms with Crippen LogP contribution >= 0.6 is 0 Å². The maximum atomic E-state index is 13.1. The SMILES string of the molecule is CC(=O)OC[C@@H](OC(C)=O)[C@@H](C)[C@H](Cn1c(=O)c(C(=O)O)nc2cc(C)c(C)cc21)OC(C)=O. The third-order valence-corrected chi connectivity index (χ3v) is 5.39. The number of aromatic carboxylic acids is 1. The van der Waals surface area contributed by atoms with Gasteiger partial charge in [0.1, 0.15) is 18.8 Å². The average molecular weight is 476 g/mol. The van der Waals surface area contributed by atoms with E-state index in [0.717, 1.165) is 11.1 Å². The maximum Gasteiger partial charge on any atom is 0.360 e. The highest BCUT2D eigenvalue weighted by molar-refractivity contribution is 5.88. The van der Waals surface area contributed by atoms with Crippen molar-refractivity contribution in [3.63, 3.8) is 0 Å². The Balaban J connectivity index is 2.62.